The van der Waals surface area contributed by atoms with Gasteiger partial charge in [-0.3, -0.25) is 0 Å². The molecule has 1 fully saturated rings. The molecule has 0 aromatic heterocycles. The molecule has 2 N–H and O–H groups in total. The molecular formula is C15H20N2O. The molecule has 2 rings (SSSR count). The van der Waals surface area contributed by atoms with Crippen molar-refractivity contribution in [1.29, 1.82) is 5.26 Å². The molecule has 18 heavy (non-hydrogen) atoms. The summed E-state index contributed by atoms with van der Waals surface area (Å²) in [5.41, 5.74) is 1.85. The molecule has 1 saturated carbocycles. The number of nitriles is 1. The van der Waals surface area contributed by atoms with Crippen LogP contribution in [-0.4, -0.2) is 17.8 Å². The van der Waals surface area contributed by atoms with Crippen molar-refractivity contribution in [3.05, 3.63) is 35.4 Å². The summed E-state index contributed by atoms with van der Waals surface area (Å²) in [5, 5.41) is 21.8. The van der Waals surface area contributed by atoms with Gasteiger partial charge in [0.1, 0.15) is 0 Å². The minimum Gasteiger partial charge on any atom is -0.393 e. The third kappa shape index (κ3) is 3.83. The third-order valence-corrected chi connectivity index (χ3v) is 3.57. The molecule has 2 unspecified atom stereocenters. The van der Waals surface area contributed by atoms with Crippen LogP contribution in [-0.2, 0) is 6.54 Å². The van der Waals surface area contributed by atoms with Crippen LogP contribution >= 0.6 is 0 Å². The van der Waals surface area contributed by atoms with Gasteiger partial charge in [-0.1, -0.05) is 18.6 Å². The monoisotopic (exact) mass is 244 g/mol. The summed E-state index contributed by atoms with van der Waals surface area (Å²) in [5.74, 6) is 0.591. The van der Waals surface area contributed by atoms with Gasteiger partial charge in [0.25, 0.3) is 0 Å². The topological polar surface area (TPSA) is 56.0 Å². The zero-order valence-corrected chi connectivity index (χ0v) is 10.6. The maximum atomic E-state index is 9.60. The Morgan fingerprint density at radius 1 is 1.39 bits per heavy atom. The first-order chi connectivity index (χ1) is 8.78. The Balaban J connectivity index is 1.76. The molecule has 96 valence electrons. The number of nitrogens with zero attached hydrogens (tertiary/aromatic N) is 1. The van der Waals surface area contributed by atoms with Crippen LogP contribution in [0.5, 0.6) is 0 Å². The Hall–Kier alpha value is -1.37. The molecule has 0 aliphatic heterocycles. The van der Waals surface area contributed by atoms with E-state index in [1.807, 2.05) is 24.3 Å². The highest BCUT2D eigenvalue weighted by atomic mass is 16.3. The molecule has 2 atom stereocenters. The molecule has 1 aromatic carbocycles. The van der Waals surface area contributed by atoms with Gasteiger partial charge < -0.3 is 10.4 Å². The zero-order chi connectivity index (χ0) is 12.8. The lowest BCUT2D eigenvalue weighted by Gasteiger charge is -2.26. The van der Waals surface area contributed by atoms with Gasteiger partial charge in [0.05, 0.1) is 17.7 Å². The van der Waals surface area contributed by atoms with E-state index >= 15 is 0 Å². The highest BCUT2D eigenvalue weighted by Gasteiger charge is 2.19. The molecular weight excluding hydrogens is 224 g/mol. The minimum absolute atomic E-state index is 0.104. The Labute approximate surface area is 108 Å². The third-order valence-electron chi connectivity index (χ3n) is 3.57. The predicted molar refractivity (Wildman–Crippen MR) is 70.8 cm³/mol. The summed E-state index contributed by atoms with van der Waals surface area (Å²) in [7, 11) is 0. The van der Waals surface area contributed by atoms with E-state index in [1.165, 1.54) is 6.42 Å². The smallest absolute Gasteiger partial charge is 0.0991 e. The Morgan fingerprint density at radius 2 is 2.28 bits per heavy atom. The van der Waals surface area contributed by atoms with Gasteiger partial charge in [0.2, 0.25) is 0 Å². The maximum absolute atomic E-state index is 9.60. The molecule has 1 aliphatic rings. The van der Waals surface area contributed by atoms with E-state index in [9.17, 15) is 5.11 Å². The van der Waals surface area contributed by atoms with Crippen LogP contribution in [0.3, 0.4) is 0 Å². The van der Waals surface area contributed by atoms with E-state index < -0.39 is 0 Å². The summed E-state index contributed by atoms with van der Waals surface area (Å²) >= 11 is 0. The Bertz CT molecular complexity index is 425. The zero-order valence-electron chi connectivity index (χ0n) is 10.6. The highest BCUT2D eigenvalue weighted by molar-refractivity contribution is 5.32. The van der Waals surface area contributed by atoms with Crippen LogP contribution in [0.4, 0.5) is 0 Å². The lowest BCUT2D eigenvalue weighted by Crippen LogP contribution is -2.28. The van der Waals surface area contributed by atoms with Crippen molar-refractivity contribution in [2.75, 3.05) is 6.54 Å². The summed E-state index contributed by atoms with van der Waals surface area (Å²) in [4.78, 5) is 0. The van der Waals surface area contributed by atoms with Crippen LogP contribution in [0.15, 0.2) is 24.3 Å². The SMILES string of the molecule is N#Cc1cccc(CNCC2CCCC(O)C2)c1. The van der Waals surface area contributed by atoms with Crippen molar-refractivity contribution >= 4 is 0 Å². The second-order valence-corrected chi connectivity index (χ2v) is 5.13. The van der Waals surface area contributed by atoms with Crippen molar-refractivity contribution in [3.8, 4) is 6.07 Å². The lowest BCUT2D eigenvalue weighted by atomic mass is 9.87. The van der Waals surface area contributed by atoms with Gasteiger partial charge in [-0.05, 0) is 49.4 Å². The standard InChI is InChI=1S/C15H20N2O/c16-9-12-3-1-4-13(7-12)10-17-11-14-5-2-6-15(18)8-14/h1,3-4,7,14-15,17-18H,2,5-6,8,10-11H2. The molecule has 1 aliphatic carbocycles. The van der Waals surface area contributed by atoms with Crippen molar-refractivity contribution in [1.82, 2.24) is 5.32 Å². The summed E-state index contributed by atoms with van der Waals surface area (Å²) in [6.45, 7) is 1.75. The molecule has 0 radical (unpaired) electrons. The first-order valence-electron chi connectivity index (χ1n) is 6.66. The number of aliphatic hydroxyl groups is 1. The first kappa shape index (κ1) is 13.1. The fourth-order valence-corrected chi connectivity index (χ4v) is 2.62. The highest BCUT2D eigenvalue weighted by Crippen LogP contribution is 2.23. The fourth-order valence-electron chi connectivity index (χ4n) is 2.62. The molecule has 0 bridgehead atoms. The van der Waals surface area contributed by atoms with E-state index in [2.05, 4.69) is 11.4 Å². The van der Waals surface area contributed by atoms with Gasteiger partial charge in [0.15, 0.2) is 0 Å². The van der Waals surface area contributed by atoms with E-state index in [0.717, 1.165) is 37.9 Å². The normalized spacial score (nSPS) is 23.6. The molecule has 0 heterocycles. The predicted octanol–water partition coefficient (Wildman–Crippen LogP) is 2.20. The Kier molecular flexibility index (Phi) is 4.74. The summed E-state index contributed by atoms with van der Waals surface area (Å²) < 4.78 is 0. The number of rotatable bonds is 4. The van der Waals surface area contributed by atoms with Gasteiger partial charge in [-0.25, -0.2) is 0 Å². The van der Waals surface area contributed by atoms with Crippen LogP contribution in [0.1, 0.15) is 36.8 Å². The summed E-state index contributed by atoms with van der Waals surface area (Å²) in [6.07, 6.45) is 4.12. The van der Waals surface area contributed by atoms with Crippen molar-refractivity contribution < 1.29 is 5.11 Å². The van der Waals surface area contributed by atoms with Gasteiger partial charge >= 0.3 is 0 Å². The van der Waals surface area contributed by atoms with Gasteiger partial charge in [-0.15, -0.1) is 0 Å². The van der Waals surface area contributed by atoms with E-state index in [1.54, 1.807) is 0 Å². The molecule has 0 spiro atoms. The van der Waals surface area contributed by atoms with E-state index in [-0.39, 0.29) is 6.10 Å². The number of hydrogen-bond donors (Lipinski definition) is 2. The second kappa shape index (κ2) is 6.53. The van der Waals surface area contributed by atoms with Crippen LogP contribution < -0.4 is 5.32 Å². The summed E-state index contributed by atoms with van der Waals surface area (Å²) in [6, 6.07) is 9.84. The van der Waals surface area contributed by atoms with Crippen LogP contribution in [0, 0.1) is 17.2 Å². The molecule has 0 amide bonds. The lowest BCUT2D eigenvalue weighted by molar-refractivity contribution is 0.101. The quantitative estimate of drug-likeness (QED) is 0.853. The maximum Gasteiger partial charge on any atom is 0.0991 e. The molecule has 3 heteroatoms. The second-order valence-electron chi connectivity index (χ2n) is 5.13. The first-order valence-corrected chi connectivity index (χ1v) is 6.66. The number of aliphatic hydroxyl groups excluding tert-OH is 1. The molecule has 3 nitrogen and oxygen atoms in total. The van der Waals surface area contributed by atoms with Crippen molar-refractivity contribution in [2.45, 2.75) is 38.3 Å². The van der Waals surface area contributed by atoms with Crippen LogP contribution in [0.25, 0.3) is 0 Å². The number of benzene rings is 1. The van der Waals surface area contributed by atoms with Crippen LogP contribution in [0.2, 0.25) is 0 Å². The van der Waals surface area contributed by atoms with Gasteiger partial charge in [0, 0.05) is 6.54 Å². The molecule has 0 saturated heterocycles. The van der Waals surface area contributed by atoms with Crippen molar-refractivity contribution in [2.24, 2.45) is 5.92 Å². The molecule has 1 aromatic rings. The number of nitrogens with one attached hydrogen (secondary N) is 1. The van der Waals surface area contributed by atoms with E-state index in [4.69, 9.17) is 5.26 Å². The average Bonchev–Trinajstić information content (AvgIpc) is 2.39. The fraction of sp³-hybridized carbons (Fsp3) is 0.533. The minimum atomic E-state index is -0.104. The Morgan fingerprint density at radius 3 is 3.06 bits per heavy atom. The average molecular weight is 244 g/mol. The number of hydrogen-bond acceptors (Lipinski definition) is 3. The van der Waals surface area contributed by atoms with E-state index in [0.29, 0.717) is 11.5 Å². The largest absolute Gasteiger partial charge is 0.393 e. The van der Waals surface area contributed by atoms with Gasteiger partial charge in [-0.2, -0.15) is 5.26 Å². The van der Waals surface area contributed by atoms with Crippen molar-refractivity contribution in [3.63, 3.8) is 0 Å².